The summed E-state index contributed by atoms with van der Waals surface area (Å²) in [5, 5.41) is 3.68. The summed E-state index contributed by atoms with van der Waals surface area (Å²) in [5.74, 6) is 1.70. The molecule has 1 saturated carbocycles. The molecule has 1 aliphatic heterocycles. The van der Waals surface area contributed by atoms with Crippen molar-refractivity contribution < 1.29 is 9.47 Å². The van der Waals surface area contributed by atoms with E-state index in [9.17, 15) is 0 Å². The Hall–Kier alpha value is -1.22. The minimum absolute atomic E-state index is 0.229. The SMILES string of the molecule is COc1cc2c(cc1OC)C1(CCC1)NCC2. The molecule has 0 saturated heterocycles. The van der Waals surface area contributed by atoms with E-state index in [0.29, 0.717) is 0 Å². The Labute approximate surface area is 102 Å². The molecule has 1 aromatic rings. The molecule has 3 nitrogen and oxygen atoms in total. The van der Waals surface area contributed by atoms with Crippen LogP contribution in [0.4, 0.5) is 0 Å². The largest absolute Gasteiger partial charge is 0.493 e. The van der Waals surface area contributed by atoms with E-state index in [0.717, 1.165) is 24.5 Å². The van der Waals surface area contributed by atoms with Crippen LogP contribution in [0.1, 0.15) is 30.4 Å². The molecule has 1 heterocycles. The first-order valence-electron chi connectivity index (χ1n) is 6.29. The molecular weight excluding hydrogens is 214 g/mol. The maximum atomic E-state index is 5.41. The first-order chi connectivity index (χ1) is 8.29. The highest BCUT2D eigenvalue weighted by Crippen LogP contribution is 2.47. The molecule has 0 radical (unpaired) electrons. The summed E-state index contributed by atoms with van der Waals surface area (Å²) in [4.78, 5) is 0. The van der Waals surface area contributed by atoms with Crippen molar-refractivity contribution in [2.75, 3.05) is 20.8 Å². The predicted octanol–water partition coefficient (Wildman–Crippen LogP) is 2.23. The second kappa shape index (κ2) is 3.91. The van der Waals surface area contributed by atoms with Gasteiger partial charge in [0.1, 0.15) is 0 Å². The van der Waals surface area contributed by atoms with E-state index in [1.54, 1.807) is 14.2 Å². The van der Waals surface area contributed by atoms with Gasteiger partial charge in [0.05, 0.1) is 14.2 Å². The van der Waals surface area contributed by atoms with Crippen LogP contribution in [0.2, 0.25) is 0 Å². The number of ether oxygens (including phenoxy) is 2. The predicted molar refractivity (Wildman–Crippen MR) is 66.8 cm³/mol. The van der Waals surface area contributed by atoms with Crippen LogP contribution in [0.25, 0.3) is 0 Å². The number of rotatable bonds is 2. The van der Waals surface area contributed by atoms with Gasteiger partial charge in [-0.25, -0.2) is 0 Å². The third-order valence-corrected chi connectivity index (χ3v) is 4.19. The van der Waals surface area contributed by atoms with E-state index in [2.05, 4.69) is 17.4 Å². The summed E-state index contributed by atoms with van der Waals surface area (Å²) in [6.45, 7) is 1.07. The number of hydrogen-bond acceptors (Lipinski definition) is 3. The average molecular weight is 233 g/mol. The molecule has 1 fully saturated rings. The molecular formula is C14H19NO2. The maximum absolute atomic E-state index is 5.41. The van der Waals surface area contributed by atoms with Crippen LogP contribution in [0.3, 0.4) is 0 Å². The molecule has 2 aliphatic rings. The fraction of sp³-hybridized carbons (Fsp3) is 0.571. The van der Waals surface area contributed by atoms with Crippen molar-refractivity contribution >= 4 is 0 Å². The quantitative estimate of drug-likeness (QED) is 0.849. The Morgan fingerprint density at radius 3 is 2.41 bits per heavy atom. The van der Waals surface area contributed by atoms with E-state index in [1.165, 1.54) is 30.4 Å². The summed E-state index contributed by atoms with van der Waals surface area (Å²) >= 11 is 0. The molecule has 1 N–H and O–H groups in total. The van der Waals surface area contributed by atoms with Crippen LogP contribution in [0.15, 0.2) is 12.1 Å². The molecule has 0 atom stereocenters. The van der Waals surface area contributed by atoms with Gasteiger partial charge < -0.3 is 14.8 Å². The molecule has 1 aromatic carbocycles. The van der Waals surface area contributed by atoms with Crippen molar-refractivity contribution in [3.8, 4) is 11.5 Å². The van der Waals surface area contributed by atoms with Gasteiger partial charge in [-0.05, 0) is 48.9 Å². The number of hydrogen-bond donors (Lipinski definition) is 1. The molecule has 3 heteroatoms. The van der Waals surface area contributed by atoms with Gasteiger partial charge in [-0.2, -0.15) is 0 Å². The fourth-order valence-corrected chi connectivity index (χ4v) is 3.08. The zero-order valence-corrected chi connectivity index (χ0v) is 10.5. The molecule has 1 aliphatic carbocycles. The van der Waals surface area contributed by atoms with Gasteiger partial charge in [0.25, 0.3) is 0 Å². The van der Waals surface area contributed by atoms with Gasteiger partial charge in [0.2, 0.25) is 0 Å². The normalized spacial score (nSPS) is 20.6. The number of methoxy groups -OCH3 is 2. The molecule has 0 unspecified atom stereocenters. The third kappa shape index (κ3) is 1.53. The molecule has 0 amide bonds. The number of nitrogens with one attached hydrogen (secondary N) is 1. The van der Waals surface area contributed by atoms with Crippen LogP contribution in [0.5, 0.6) is 11.5 Å². The summed E-state index contributed by atoms with van der Waals surface area (Å²) in [5.41, 5.74) is 3.07. The van der Waals surface area contributed by atoms with E-state index in [-0.39, 0.29) is 5.54 Å². The van der Waals surface area contributed by atoms with Crippen molar-refractivity contribution in [3.05, 3.63) is 23.3 Å². The fourth-order valence-electron chi connectivity index (χ4n) is 3.08. The number of fused-ring (bicyclic) bond motifs is 2. The van der Waals surface area contributed by atoms with Crippen molar-refractivity contribution in [2.45, 2.75) is 31.2 Å². The van der Waals surface area contributed by atoms with Crippen molar-refractivity contribution in [1.82, 2.24) is 5.32 Å². The highest BCUT2D eigenvalue weighted by molar-refractivity contribution is 5.51. The molecule has 0 aromatic heterocycles. The van der Waals surface area contributed by atoms with Crippen LogP contribution in [0, 0.1) is 0 Å². The van der Waals surface area contributed by atoms with E-state index < -0.39 is 0 Å². The first kappa shape index (κ1) is 10.9. The zero-order chi connectivity index (χ0) is 11.9. The molecule has 17 heavy (non-hydrogen) atoms. The minimum atomic E-state index is 0.229. The highest BCUT2D eigenvalue weighted by atomic mass is 16.5. The summed E-state index contributed by atoms with van der Waals surface area (Å²) in [6, 6.07) is 4.31. The Morgan fingerprint density at radius 1 is 1.12 bits per heavy atom. The van der Waals surface area contributed by atoms with Crippen LogP contribution >= 0.6 is 0 Å². The van der Waals surface area contributed by atoms with Crippen LogP contribution < -0.4 is 14.8 Å². The Bertz CT molecular complexity index is 438. The molecule has 1 spiro atoms. The second-order valence-corrected chi connectivity index (χ2v) is 4.98. The standard InChI is InChI=1S/C14H19NO2/c1-16-12-8-10-4-7-15-14(5-3-6-14)11(10)9-13(12)17-2/h8-9,15H,3-7H2,1-2H3. The van der Waals surface area contributed by atoms with Gasteiger partial charge in [-0.3, -0.25) is 0 Å². The summed E-state index contributed by atoms with van der Waals surface area (Å²) < 4.78 is 10.8. The first-order valence-corrected chi connectivity index (χ1v) is 6.29. The van der Waals surface area contributed by atoms with Gasteiger partial charge >= 0.3 is 0 Å². The third-order valence-electron chi connectivity index (χ3n) is 4.19. The topological polar surface area (TPSA) is 30.5 Å². The average Bonchev–Trinajstić information content (AvgIpc) is 2.34. The van der Waals surface area contributed by atoms with E-state index in [4.69, 9.17) is 9.47 Å². The van der Waals surface area contributed by atoms with E-state index >= 15 is 0 Å². The Balaban J connectivity index is 2.10. The molecule has 92 valence electrons. The van der Waals surface area contributed by atoms with Crippen molar-refractivity contribution in [2.24, 2.45) is 0 Å². The minimum Gasteiger partial charge on any atom is -0.493 e. The molecule has 0 bridgehead atoms. The monoisotopic (exact) mass is 233 g/mol. The lowest BCUT2D eigenvalue weighted by Crippen LogP contribution is -2.52. The van der Waals surface area contributed by atoms with Gasteiger partial charge in [0, 0.05) is 12.1 Å². The summed E-state index contributed by atoms with van der Waals surface area (Å²) in [7, 11) is 3.40. The Kier molecular flexibility index (Phi) is 2.51. The second-order valence-electron chi connectivity index (χ2n) is 4.98. The van der Waals surface area contributed by atoms with Gasteiger partial charge in [0.15, 0.2) is 11.5 Å². The molecule has 3 rings (SSSR count). The lowest BCUT2D eigenvalue weighted by atomic mass is 9.68. The van der Waals surface area contributed by atoms with Crippen molar-refractivity contribution in [3.63, 3.8) is 0 Å². The van der Waals surface area contributed by atoms with Crippen LogP contribution in [-0.4, -0.2) is 20.8 Å². The maximum Gasteiger partial charge on any atom is 0.161 e. The smallest absolute Gasteiger partial charge is 0.161 e. The van der Waals surface area contributed by atoms with Crippen LogP contribution in [-0.2, 0) is 12.0 Å². The van der Waals surface area contributed by atoms with E-state index in [1.807, 2.05) is 0 Å². The lowest BCUT2D eigenvalue weighted by molar-refractivity contribution is 0.175. The van der Waals surface area contributed by atoms with Crippen molar-refractivity contribution in [1.29, 1.82) is 0 Å². The van der Waals surface area contributed by atoms with Gasteiger partial charge in [-0.15, -0.1) is 0 Å². The zero-order valence-electron chi connectivity index (χ0n) is 10.5. The summed E-state index contributed by atoms with van der Waals surface area (Å²) in [6.07, 6.45) is 4.89. The Morgan fingerprint density at radius 2 is 1.82 bits per heavy atom. The highest BCUT2D eigenvalue weighted by Gasteiger charge is 2.42. The van der Waals surface area contributed by atoms with Gasteiger partial charge in [-0.1, -0.05) is 0 Å². The number of benzene rings is 1. The lowest BCUT2D eigenvalue weighted by Gasteiger charge is -2.47.